The predicted molar refractivity (Wildman–Crippen MR) is 93.2 cm³/mol. The average molecular weight is 312 g/mol. The van der Waals surface area contributed by atoms with E-state index >= 15 is 0 Å². The quantitative estimate of drug-likeness (QED) is 0.744. The number of allylic oxidation sites excluding steroid dienone is 1. The highest BCUT2D eigenvalue weighted by Gasteiger charge is 2.46. The second-order valence-corrected chi connectivity index (χ2v) is 6.84. The number of benzene rings is 2. The molecular weight excluding hydrogens is 296 g/mol. The van der Waals surface area contributed by atoms with Gasteiger partial charge in [-0.25, -0.2) is 0 Å². The highest BCUT2D eigenvalue weighted by Crippen LogP contribution is 2.40. The molecule has 0 bridgehead atoms. The summed E-state index contributed by atoms with van der Waals surface area (Å²) in [6, 6.07) is 16.0. The number of carbonyl (C=O) groups is 2. The topological polar surface area (TPSA) is 34.1 Å². The van der Waals surface area contributed by atoms with E-state index in [4.69, 9.17) is 0 Å². The molecule has 2 aromatic carbocycles. The molecule has 0 amide bonds. The van der Waals surface area contributed by atoms with Crippen LogP contribution in [0, 0.1) is 17.8 Å². The van der Waals surface area contributed by atoms with E-state index in [-0.39, 0.29) is 29.3 Å². The average Bonchev–Trinajstić information content (AvgIpc) is 2.64. The minimum absolute atomic E-state index is 0.116. The summed E-state index contributed by atoms with van der Waals surface area (Å²) in [4.78, 5) is 26.2. The second-order valence-electron chi connectivity index (χ2n) is 6.84. The fourth-order valence-corrected chi connectivity index (χ4v) is 4.29. The molecule has 0 N–H and O–H groups in total. The number of ketones is 2. The van der Waals surface area contributed by atoms with Crippen molar-refractivity contribution in [2.45, 2.75) is 6.42 Å². The molecule has 0 spiro atoms. The van der Waals surface area contributed by atoms with E-state index in [1.807, 2.05) is 60.7 Å². The fourth-order valence-electron chi connectivity index (χ4n) is 4.29. The van der Waals surface area contributed by atoms with Gasteiger partial charge in [-0.1, -0.05) is 60.7 Å². The highest BCUT2D eigenvalue weighted by molar-refractivity contribution is 6.16. The van der Waals surface area contributed by atoms with Gasteiger partial charge in [-0.05, 0) is 34.1 Å². The van der Waals surface area contributed by atoms with Gasteiger partial charge in [-0.3, -0.25) is 9.59 Å². The number of carbonyl (C=O) groups excluding carboxylic acids is 2. The van der Waals surface area contributed by atoms with Crippen LogP contribution in [0.1, 0.15) is 11.1 Å². The molecule has 0 saturated heterocycles. The van der Waals surface area contributed by atoms with Gasteiger partial charge in [0.2, 0.25) is 0 Å². The van der Waals surface area contributed by atoms with Crippen LogP contribution in [-0.2, 0) is 16.0 Å². The van der Waals surface area contributed by atoms with Crippen LogP contribution in [0.5, 0.6) is 0 Å². The number of rotatable bonds is 0. The van der Waals surface area contributed by atoms with E-state index in [0.29, 0.717) is 12.0 Å². The van der Waals surface area contributed by atoms with Crippen molar-refractivity contribution in [2.24, 2.45) is 17.8 Å². The lowest BCUT2D eigenvalue weighted by Crippen LogP contribution is -2.47. The summed E-state index contributed by atoms with van der Waals surface area (Å²) in [5, 5.41) is 2.11. The minimum atomic E-state index is -0.347. The fraction of sp³-hybridized carbons (Fsp3) is 0.182. The van der Waals surface area contributed by atoms with Crippen LogP contribution in [-0.4, -0.2) is 11.6 Å². The summed E-state index contributed by atoms with van der Waals surface area (Å²) in [6.07, 6.45) is 6.56. The van der Waals surface area contributed by atoms with Gasteiger partial charge in [0.25, 0.3) is 0 Å². The Bertz CT molecular complexity index is 1040. The predicted octanol–water partition coefficient (Wildman–Crippen LogP) is 1.90. The van der Waals surface area contributed by atoms with Crippen molar-refractivity contribution in [3.05, 3.63) is 75.7 Å². The molecular formula is C22H16O2. The molecule has 2 heteroatoms. The summed E-state index contributed by atoms with van der Waals surface area (Å²) in [7, 11) is 0. The molecule has 24 heavy (non-hydrogen) atoms. The van der Waals surface area contributed by atoms with E-state index in [0.717, 1.165) is 21.6 Å². The first-order chi connectivity index (χ1) is 11.7. The lowest BCUT2D eigenvalue weighted by Gasteiger charge is -2.36. The molecule has 1 fully saturated rings. The maximum Gasteiger partial charge on any atom is 0.167 e. The Labute approximate surface area is 139 Å². The zero-order valence-electron chi connectivity index (χ0n) is 13.1. The van der Waals surface area contributed by atoms with Gasteiger partial charge in [0.15, 0.2) is 5.78 Å². The normalized spacial score (nSPS) is 26.8. The van der Waals surface area contributed by atoms with Crippen LogP contribution >= 0.6 is 0 Å². The first-order valence-corrected chi connectivity index (χ1v) is 8.38. The number of hydrogen-bond donors (Lipinski definition) is 0. The van der Waals surface area contributed by atoms with Crippen LogP contribution in [0.3, 0.4) is 0 Å². The van der Waals surface area contributed by atoms with E-state index in [1.165, 1.54) is 0 Å². The first-order valence-electron chi connectivity index (χ1n) is 8.38. The van der Waals surface area contributed by atoms with Gasteiger partial charge in [-0.15, -0.1) is 0 Å². The first kappa shape index (κ1) is 13.7. The molecule has 3 unspecified atom stereocenters. The van der Waals surface area contributed by atoms with E-state index in [2.05, 4.69) is 6.07 Å². The number of hydrogen-bond acceptors (Lipinski definition) is 2. The molecule has 1 saturated carbocycles. The monoisotopic (exact) mass is 312 g/mol. The van der Waals surface area contributed by atoms with E-state index < -0.39 is 0 Å². The van der Waals surface area contributed by atoms with Crippen molar-refractivity contribution in [1.82, 2.24) is 0 Å². The third-order valence-electron chi connectivity index (χ3n) is 5.53. The summed E-state index contributed by atoms with van der Waals surface area (Å²) >= 11 is 0. The van der Waals surface area contributed by atoms with Crippen LogP contribution in [0.2, 0.25) is 0 Å². The van der Waals surface area contributed by atoms with Crippen molar-refractivity contribution >= 4 is 29.8 Å². The van der Waals surface area contributed by atoms with Crippen molar-refractivity contribution < 1.29 is 9.59 Å². The van der Waals surface area contributed by atoms with Crippen molar-refractivity contribution in [1.29, 1.82) is 0 Å². The molecule has 0 heterocycles. The molecule has 0 aromatic heterocycles. The van der Waals surface area contributed by atoms with Gasteiger partial charge in [0.05, 0.1) is 17.8 Å². The third kappa shape index (κ3) is 1.83. The van der Waals surface area contributed by atoms with Crippen LogP contribution in [0.15, 0.2) is 54.1 Å². The lowest BCUT2D eigenvalue weighted by molar-refractivity contribution is -0.133. The Morgan fingerprint density at radius 3 is 2.25 bits per heavy atom. The zero-order chi connectivity index (χ0) is 16.3. The molecule has 3 aliphatic carbocycles. The molecule has 116 valence electrons. The minimum Gasteiger partial charge on any atom is -0.298 e. The van der Waals surface area contributed by atoms with Gasteiger partial charge in [-0.2, -0.15) is 0 Å². The summed E-state index contributed by atoms with van der Waals surface area (Å²) in [6.45, 7) is 0. The molecule has 2 nitrogen and oxygen atoms in total. The summed E-state index contributed by atoms with van der Waals surface area (Å²) in [5.41, 5.74) is 2.93. The Kier molecular flexibility index (Phi) is 2.78. The largest absolute Gasteiger partial charge is 0.298 e. The molecule has 0 radical (unpaired) electrons. The maximum atomic E-state index is 13.1. The smallest absolute Gasteiger partial charge is 0.167 e. The summed E-state index contributed by atoms with van der Waals surface area (Å²) < 4.78 is 0. The number of fused-ring (bicyclic) bond motifs is 4. The molecule has 3 atom stereocenters. The van der Waals surface area contributed by atoms with E-state index in [1.54, 1.807) is 0 Å². The molecule has 5 rings (SSSR count). The maximum absolute atomic E-state index is 13.1. The lowest BCUT2D eigenvalue weighted by atomic mass is 9.64. The van der Waals surface area contributed by atoms with Crippen LogP contribution in [0.4, 0.5) is 0 Å². The van der Waals surface area contributed by atoms with Crippen molar-refractivity contribution in [3.63, 3.8) is 0 Å². The van der Waals surface area contributed by atoms with Gasteiger partial charge in [0, 0.05) is 5.57 Å². The van der Waals surface area contributed by atoms with E-state index in [9.17, 15) is 9.59 Å². The summed E-state index contributed by atoms with van der Waals surface area (Å²) in [5.74, 6) is -0.653. The van der Waals surface area contributed by atoms with Crippen molar-refractivity contribution in [2.75, 3.05) is 0 Å². The molecule has 3 aliphatic rings. The zero-order valence-corrected chi connectivity index (χ0v) is 13.1. The van der Waals surface area contributed by atoms with Gasteiger partial charge >= 0.3 is 0 Å². The molecule has 2 aromatic rings. The third-order valence-corrected chi connectivity index (χ3v) is 5.53. The van der Waals surface area contributed by atoms with Crippen LogP contribution in [0.25, 0.3) is 18.2 Å². The Morgan fingerprint density at radius 1 is 0.792 bits per heavy atom. The second kappa shape index (κ2) is 4.88. The SMILES string of the molecule is O=C1C2=Cc3ccccc3CC2C(=O)C2C=c3ccccc3=CC12. The van der Waals surface area contributed by atoms with Crippen molar-refractivity contribution in [3.8, 4) is 0 Å². The Balaban J connectivity index is 1.69. The van der Waals surface area contributed by atoms with Gasteiger partial charge < -0.3 is 0 Å². The molecule has 0 aliphatic heterocycles. The Morgan fingerprint density at radius 2 is 1.46 bits per heavy atom. The van der Waals surface area contributed by atoms with Gasteiger partial charge in [0.1, 0.15) is 5.78 Å². The Hall–Kier alpha value is -2.74. The number of Topliss-reactive ketones (excluding diaryl/α,β-unsaturated/α-hetero) is 2. The van der Waals surface area contributed by atoms with Crippen LogP contribution < -0.4 is 10.4 Å². The highest BCUT2D eigenvalue weighted by atomic mass is 16.1. The standard InChI is InChI=1S/C22H16O2/c23-21-17-9-13-5-1-2-6-14(13)10-18(17)22(24)20-12-16-8-4-3-7-15(16)11-19(20)21/h1-11,17-18,20H,12H2.